The molecule has 0 aliphatic carbocycles. The lowest BCUT2D eigenvalue weighted by molar-refractivity contribution is 0.457. The lowest BCUT2D eigenvalue weighted by Gasteiger charge is -2.13. The van der Waals surface area contributed by atoms with E-state index in [-0.39, 0.29) is 5.56 Å². The number of H-pyrrole nitrogens is 1. The molecule has 0 saturated heterocycles. The second-order valence-corrected chi connectivity index (χ2v) is 6.59. The molecule has 29 heavy (non-hydrogen) atoms. The second-order valence-electron chi connectivity index (χ2n) is 6.59. The average molecular weight is 383 g/mol. The molecule has 0 saturated carbocycles. The number of furan rings is 1. The summed E-state index contributed by atoms with van der Waals surface area (Å²) in [6, 6.07) is 22.8. The third-order valence-corrected chi connectivity index (χ3v) is 4.61. The number of aromatic amines is 1. The number of imidazole rings is 1. The number of aromatic nitrogens is 3. The lowest BCUT2D eigenvalue weighted by Crippen LogP contribution is -2.16. The predicted octanol–water partition coefficient (Wildman–Crippen LogP) is 4.64. The van der Waals surface area contributed by atoms with Crippen LogP contribution in [0, 0.1) is 0 Å². The Balaban J connectivity index is 1.66. The van der Waals surface area contributed by atoms with Crippen molar-refractivity contribution < 1.29 is 9.15 Å². The molecule has 2 aromatic carbocycles. The fourth-order valence-electron chi connectivity index (χ4n) is 3.22. The van der Waals surface area contributed by atoms with Gasteiger partial charge in [-0.1, -0.05) is 48.5 Å². The molecule has 1 N–H and O–H groups in total. The highest BCUT2D eigenvalue weighted by molar-refractivity contribution is 5.61. The maximum atomic E-state index is 13.0. The molecule has 3 aromatic rings. The monoisotopic (exact) mass is 383 g/mol. The van der Waals surface area contributed by atoms with Crippen molar-refractivity contribution in [3.63, 3.8) is 0 Å². The molecule has 0 atom stereocenters. The largest absolute Gasteiger partial charge is 0.469 e. The van der Waals surface area contributed by atoms with E-state index in [9.17, 15) is 4.79 Å². The highest BCUT2D eigenvalue weighted by atomic mass is 16.5. The zero-order chi connectivity index (χ0) is 19.6. The van der Waals surface area contributed by atoms with E-state index in [1.165, 1.54) is 4.57 Å². The number of nitrogens with one attached hydrogen (secondary N) is 1. The molecule has 2 aliphatic rings. The molecule has 2 aliphatic heterocycles. The minimum atomic E-state index is -0.194. The van der Waals surface area contributed by atoms with Gasteiger partial charge < -0.3 is 14.1 Å². The summed E-state index contributed by atoms with van der Waals surface area (Å²) < 4.78 is 13.0. The van der Waals surface area contributed by atoms with Gasteiger partial charge in [0.15, 0.2) is 0 Å². The van der Waals surface area contributed by atoms with Crippen LogP contribution in [0.5, 0.6) is 11.6 Å². The maximum Gasteiger partial charge on any atom is 0.278 e. The van der Waals surface area contributed by atoms with Crippen LogP contribution in [0.3, 0.4) is 0 Å². The third-order valence-electron chi connectivity index (χ3n) is 4.61. The van der Waals surface area contributed by atoms with Gasteiger partial charge in [0, 0.05) is 6.20 Å². The molecule has 0 spiro atoms. The van der Waals surface area contributed by atoms with Gasteiger partial charge in [-0.2, -0.15) is 0 Å². The highest BCUT2D eigenvalue weighted by Gasteiger charge is 2.22. The van der Waals surface area contributed by atoms with E-state index in [4.69, 9.17) is 9.15 Å². The first-order chi connectivity index (χ1) is 14.3. The van der Waals surface area contributed by atoms with Crippen LogP contribution in [0.1, 0.15) is 11.5 Å². The van der Waals surface area contributed by atoms with Gasteiger partial charge in [0.1, 0.15) is 17.2 Å². The van der Waals surface area contributed by atoms with E-state index >= 15 is 0 Å². The van der Waals surface area contributed by atoms with E-state index in [0.29, 0.717) is 35.3 Å². The van der Waals surface area contributed by atoms with Crippen molar-refractivity contribution in [3.8, 4) is 28.7 Å². The Kier molecular flexibility index (Phi) is 4.22. The zero-order valence-corrected chi connectivity index (χ0v) is 15.4. The molecule has 0 radical (unpaired) electrons. The first-order valence-electron chi connectivity index (χ1n) is 9.23. The van der Waals surface area contributed by atoms with Crippen molar-refractivity contribution in [3.05, 3.63) is 107 Å². The van der Waals surface area contributed by atoms with Gasteiger partial charge in [0.05, 0.1) is 18.4 Å². The fraction of sp³-hybridized carbons (Fsp3) is 0.0435. The van der Waals surface area contributed by atoms with Crippen LogP contribution in [-0.2, 0) is 6.42 Å². The summed E-state index contributed by atoms with van der Waals surface area (Å²) >= 11 is 0. The van der Waals surface area contributed by atoms with Crippen LogP contribution >= 0.6 is 0 Å². The second kappa shape index (κ2) is 7.16. The Morgan fingerprint density at radius 2 is 1.72 bits per heavy atom. The summed E-state index contributed by atoms with van der Waals surface area (Å²) in [7, 11) is 0. The number of nitrogens with zero attached hydrogens (tertiary/aromatic N) is 2. The van der Waals surface area contributed by atoms with Crippen LogP contribution in [0.15, 0.2) is 94.5 Å². The topological polar surface area (TPSA) is 73.1 Å². The van der Waals surface area contributed by atoms with Crippen molar-refractivity contribution in [2.75, 3.05) is 0 Å². The van der Waals surface area contributed by atoms with E-state index in [2.05, 4.69) is 9.97 Å². The van der Waals surface area contributed by atoms with Crippen molar-refractivity contribution >= 4 is 0 Å². The summed E-state index contributed by atoms with van der Waals surface area (Å²) in [6.07, 6.45) is 3.66. The molecule has 0 amide bonds. The van der Waals surface area contributed by atoms with Gasteiger partial charge >= 0.3 is 0 Å². The van der Waals surface area contributed by atoms with E-state index < -0.39 is 0 Å². The van der Waals surface area contributed by atoms with Crippen molar-refractivity contribution in [1.29, 1.82) is 0 Å². The molecular weight excluding hydrogens is 366 g/mol. The van der Waals surface area contributed by atoms with Crippen molar-refractivity contribution in [2.24, 2.45) is 0 Å². The lowest BCUT2D eigenvalue weighted by atomic mass is 10.2. The Morgan fingerprint density at radius 3 is 2.45 bits per heavy atom. The van der Waals surface area contributed by atoms with E-state index in [1.54, 1.807) is 18.5 Å². The Hall–Kier alpha value is -4.06. The number of fused-ring (bicyclic) bond motifs is 1. The number of hydrogen-bond acceptors (Lipinski definition) is 4. The number of hydrogen-bond donors (Lipinski definition) is 1. The summed E-state index contributed by atoms with van der Waals surface area (Å²) in [5, 5.41) is 0. The molecule has 0 fully saturated rings. The van der Waals surface area contributed by atoms with Gasteiger partial charge in [-0.05, 0) is 29.8 Å². The van der Waals surface area contributed by atoms with Crippen molar-refractivity contribution in [1.82, 2.24) is 14.5 Å². The molecule has 6 nitrogen and oxygen atoms in total. The zero-order valence-electron chi connectivity index (χ0n) is 15.4. The fourth-order valence-corrected chi connectivity index (χ4v) is 3.22. The molecule has 5 rings (SSSR count). The number of ether oxygens (including phenoxy) is 1. The summed E-state index contributed by atoms with van der Waals surface area (Å²) in [6.45, 7) is 0. The molecular formula is C23H17N3O3. The maximum absolute atomic E-state index is 13.0. The van der Waals surface area contributed by atoms with Gasteiger partial charge in [-0.3, -0.25) is 9.36 Å². The van der Waals surface area contributed by atoms with Crippen LogP contribution in [0.2, 0.25) is 0 Å². The quantitative estimate of drug-likeness (QED) is 0.480. The number of para-hydroxylation sites is 1. The Labute approximate surface area is 166 Å². The van der Waals surface area contributed by atoms with Gasteiger partial charge in [-0.15, -0.1) is 0 Å². The summed E-state index contributed by atoms with van der Waals surface area (Å²) in [5.74, 6) is 2.17. The molecule has 0 unspecified atom stereocenters. The van der Waals surface area contributed by atoms with Crippen LogP contribution in [0.4, 0.5) is 0 Å². The van der Waals surface area contributed by atoms with Gasteiger partial charge in [0.2, 0.25) is 11.7 Å². The Bertz CT molecular complexity index is 1260. The van der Waals surface area contributed by atoms with Gasteiger partial charge in [0.25, 0.3) is 5.56 Å². The Morgan fingerprint density at radius 1 is 0.966 bits per heavy atom. The number of rotatable bonds is 5. The standard InChI is InChI=1S/C23H17N3O3/c27-23-19(14-18-12-7-13-28-18)24-21-22(29-17-10-5-2-6-11-17)25-20(15-26(21)23)16-8-3-1-4-9-16/h1-13,15,25H,14H2. The first-order valence-corrected chi connectivity index (χ1v) is 9.23. The predicted molar refractivity (Wildman–Crippen MR) is 109 cm³/mol. The molecule has 0 bridgehead atoms. The molecule has 3 heterocycles. The third kappa shape index (κ3) is 3.32. The molecule has 1 aromatic heterocycles. The van der Waals surface area contributed by atoms with Crippen LogP contribution in [-0.4, -0.2) is 14.5 Å². The smallest absolute Gasteiger partial charge is 0.278 e. The number of benzene rings is 2. The normalized spacial score (nSPS) is 11.0. The SMILES string of the molecule is O=c1c(Cc2ccco2)nc2c(Oc3ccccc3)[nH]c(-c3ccccc3)cn1-2. The van der Waals surface area contributed by atoms with E-state index in [1.807, 2.05) is 66.7 Å². The minimum Gasteiger partial charge on any atom is -0.469 e. The molecule has 142 valence electrons. The van der Waals surface area contributed by atoms with Crippen molar-refractivity contribution in [2.45, 2.75) is 6.42 Å². The average Bonchev–Trinajstić information content (AvgIpc) is 3.38. The summed E-state index contributed by atoms with van der Waals surface area (Å²) in [4.78, 5) is 20.9. The highest BCUT2D eigenvalue weighted by Crippen LogP contribution is 2.29. The van der Waals surface area contributed by atoms with Crippen LogP contribution in [0.25, 0.3) is 17.1 Å². The first kappa shape index (κ1) is 17.1. The minimum absolute atomic E-state index is 0.194. The summed E-state index contributed by atoms with van der Waals surface area (Å²) in [5.41, 5.74) is 1.90. The van der Waals surface area contributed by atoms with Gasteiger partial charge in [-0.25, -0.2) is 4.98 Å². The molecule has 6 heteroatoms. The van der Waals surface area contributed by atoms with E-state index in [0.717, 1.165) is 11.3 Å². The van der Waals surface area contributed by atoms with Crippen LogP contribution < -0.4 is 10.3 Å².